The van der Waals surface area contributed by atoms with Crippen molar-refractivity contribution in [1.82, 2.24) is 0 Å². The molecule has 0 fully saturated rings. The fourth-order valence-electron chi connectivity index (χ4n) is 0.473. The number of halogens is 1. The predicted molar refractivity (Wildman–Crippen MR) is 55.5 cm³/mol. The van der Waals surface area contributed by atoms with E-state index in [1.54, 1.807) is 6.92 Å². The lowest BCUT2D eigenvalue weighted by molar-refractivity contribution is -0.140. The van der Waals surface area contributed by atoms with Crippen LogP contribution in [0, 0.1) is 0 Å². The Morgan fingerprint density at radius 1 is 1.42 bits per heavy atom. The Bertz CT molecular complexity index is 156. The molecule has 0 aliphatic carbocycles. The monoisotopic (exact) mass is 284 g/mol. The molecule has 0 unspecified atom stereocenters. The van der Waals surface area contributed by atoms with Crippen molar-refractivity contribution in [3.05, 3.63) is 12.2 Å². The standard InChI is InChI=1S/C8H13IO3/c1-7(2)8(10)12-6-5-11-4-3-9/h1,3-6H2,2H3. The van der Waals surface area contributed by atoms with E-state index in [0.29, 0.717) is 25.4 Å². The third-order valence-corrected chi connectivity index (χ3v) is 1.47. The van der Waals surface area contributed by atoms with Gasteiger partial charge in [0.1, 0.15) is 6.61 Å². The second kappa shape index (κ2) is 7.54. The Kier molecular flexibility index (Phi) is 7.48. The van der Waals surface area contributed by atoms with Gasteiger partial charge in [-0.1, -0.05) is 29.2 Å². The number of carbonyl (C=O) groups is 1. The average molecular weight is 284 g/mol. The van der Waals surface area contributed by atoms with Crippen molar-refractivity contribution < 1.29 is 14.3 Å². The molecule has 0 aliphatic rings. The molecule has 0 aromatic carbocycles. The van der Waals surface area contributed by atoms with Crippen LogP contribution in [-0.2, 0) is 14.3 Å². The SMILES string of the molecule is C=C(C)C(=O)OCCOCCI. The van der Waals surface area contributed by atoms with Crippen molar-refractivity contribution in [2.24, 2.45) is 0 Å². The van der Waals surface area contributed by atoms with E-state index in [2.05, 4.69) is 29.2 Å². The fraction of sp³-hybridized carbons (Fsp3) is 0.625. The van der Waals surface area contributed by atoms with E-state index < -0.39 is 0 Å². The summed E-state index contributed by atoms with van der Waals surface area (Å²) in [6.07, 6.45) is 0. The summed E-state index contributed by atoms with van der Waals surface area (Å²) in [5, 5.41) is 0. The molecule has 3 nitrogen and oxygen atoms in total. The molecule has 0 aliphatic heterocycles. The quantitative estimate of drug-likeness (QED) is 0.244. The Hall–Kier alpha value is -0.100. The molecule has 0 heterocycles. The minimum atomic E-state index is -0.354. The summed E-state index contributed by atoms with van der Waals surface area (Å²) in [7, 11) is 0. The number of ether oxygens (including phenoxy) is 2. The molecule has 4 heteroatoms. The van der Waals surface area contributed by atoms with Gasteiger partial charge in [-0.15, -0.1) is 0 Å². The van der Waals surface area contributed by atoms with E-state index in [9.17, 15) is 4.79 Å². The first-order valence-electron chi connectivity index (χ1n) is 3.65. The van der Waals surface area contributed by atoms with E-state index in [1.807, 2.05) is 0 Å². The maximum Gasteiger partial charge on any atom is 0.333 e. The summed E-state index contributed by atoms with van der Waals surface area (Å²) in [5.41, 5.74) is 0.420. The molecule has 12 heavy (non-hydrogen) atoms. The zero-order chi connectivity index (χ0) is 9.40. The molecule has 0 aromatic rings. The summed E-state index contributed by atoms with van der Waals surface area (Å²) in [6.45, 7) is 6.54. The molecular weight excluding hydrogens is 271 g/mol. The molecule has 0 saturated carbocycles. The van der Waals surface area contributed by atoms with Crippen LogP contribution in [0.3, 0.4) is 0 Å². The van der Waals surface area contributed by atoms with Crippen molar-refractivity contribution in [2.45, 2.75) is 6.92 Å². The second-order valence-corrected chi connectivity index (χ2v) is 3.30. The van der Waals surface area contributed by atoms with Crippen LogP contribution in [0.2, 0.25) is 0 Å². The molecular formula is C8H13IO3. The maximum absolute atomic E-state index is 10.8. The van der Waals surface area contributed by atoms with Crippen molar-refractivity contribution in [3.63, 3.8) is 0 Å². The number of hydrogen-bond donors (Lipinski definition) is 0. The molecule has 70 valence electrons. The summed E-state index contributed by atoms with van der Waals surface area (Å²) in [5.74, 6) is -0.354. The van der Waals surface area contributed by atoms with Gasteiger partial charge in [0.2, 0.25) is 0 Å². The van der Waals surface area contributed by atoms with Crippen molar-refractivity contribution in [3.8, 4) is 0 Å². The number of carbonyl (C=O) groups excluding carboxylic acids is 1. The molecule has 0 spiro atoms. The van der Waals surface area contributed by atoms with Gasteiger partial charge in [0.15, 0.2) is 0 Å². The molecule has 0 N–H and O–H groups in total. The first-order chi connectivity index (χ1) is 5.68. The van der Waals surface area contributed by atoms with E-state index in [4.69, 9.17) is 9.47 Å². The highest BCUT2D eigenvalue weighted by atomic mass is 127. The summed E-state index contributed by atoms with van der Waals surface area (Å²) < 4.78 is 10.8. The highest BCUT2D eigenvalue weighted by Gasteiger charge is 2.01. The molecule has 0 amide bonds. The predicted octanol–water partition coefficient (Wildman–Crippen LogP) is 1.56. The largest absolute Gasteiger partial charge is 0.460 e. The van der Waals surface area contributed by atoms with Gasteiger partial charge >= 0.3 is 5.97 Å². The molecule has 0 rings (SSSR count). The number of hydrogen-bond acceptors (Lipinski definition) is 3. The highest BCUT2D eigenvalue weighted by molar-refractivity contribution is 14.1. The van der Waals surface area contributed by atoms with Gasteiger partial charge in [-0.3, -0.25) is 0 Å². The van der Waals surface area contributed by atoms with Crippen LogP contribution in [-0.4, -0.2) is 30.2 Å². The Labute approximate surface area is 86.3 Å². The zero-order valence-electron chi connectivity index (χ0n) is 7.14. The fourth-order valence-corrected chi connectivity index (χ4v) is 0.785. The lowest BCUT2D eigenvalue weighted by Gasteiger charge is -2.03. The van der Waals surface area contributed by atoms with Gasteiger partial charge in [0, 0.05) is 10.0 Å². The molecule has 0 bridgehead atoms. The van der Waals surface area contributed by atoms with Crippen molar-refractivity contribution in [1.29, 1.82) is 0 Å². The van der Waals surface area contributed by atoms with Crippen LogP contribution in [0.25, 0.3) is 0 Å². The number of esters is 1. The van der Waals surface area contributed by atoms with Crippen LogP contribution in [0.1, 0.15) is 6.92 Å². The van der Waals surface area contributed by atoms with E-state index in [1.165, 1.54) is 0 Å². The van der Waals surface area contributed by atoms with Crippen LogP contribution >= 0.6 is 22.6 Å². The smallest absolute Gasteiger partial charge is 0.333 e. The van der Waals surface area contributed by atoms with Gasteiger partial charge in [0.05, 0.1) is 13.2 Å². The van der Waals surface area contributed by atoms with Crippen molar-refractivity contribution >= 4 is 28.6 Å². The summed E-state index contributed by atoms with van der Waals surface area (Å²) in [6, 6.07) is 0. The van der Waals surface area contributed by atoms with Gasteiger partial charge in [-0.2, -0.15) is 0 Å². The van der Waals surface area contributed by atoms with Gasteiger partial charge in [-0.25, -0.2) is 4.79 Å². The van der Waals surface area contributed by atoms with E-state index in [-0.39, 0.29) is 5.97 Å². The maximum atomic E-state index is 10.8. The number of rotatable bonds is 6. The van der Waals surface area contributed by atoms with Gasteiger partial charge < -0.3 is 9.47 Å². The third-order valence-electron chi connectivity index (χ3n) is 1.03. The van der Waals surface area contributed by atoms with Gasteiger partial charge in [-0.05, 0) is 6.92 Å². The topological polar surface area (TPSA) is 35.5 Å². The van der Waals surface area contributed by atoms with Crippen LogP contribution in [0.4, 0.5) is 0 Å². The van der Waals surface area contributed by atoms with E-state index in [0.717, 1.165) is 4.43 Å². The molecule has 0 saturated heterocycles. The number of alkyl halides is 1. The zero-order valence-corrected chi connectivity index (χ0v) is 9.30. The Morgan fingerprint density at radius 3 is 2.58 bits per heavy atom. The van der Waals surface area contributed by atoms with Crippen LogP contribution in [0.5, 0.6) is 0 Å². The first-order valence-corrected chi connectivity index (χ1v) is 5.17. The van der Waals surface area contributed by atoms with Gasteiger partial charge in [0.25, 0.3) is 0 Å². The van der Waals surface area contributed by atoms with Crippen LogP contribution < -0.4 is 0 Å². The first kappa shape index (κ1) is 11.9. The molecule has 0 radical (unpaired) electrons. The average Bonchev–Trinajstić information content (AvgIpc) is 2.03. The van der Waals surface area contributed by atoms with E-state index >= 15 is 0 Å². The highest BCUT2D eigenvalue weighted by Crippen LogP contribution is 1.91. The summed E-state index contributed by atoms with van der Waals surface area (Å²) in [4.78, 5) is 10.8. The molecule has 0 aromatic heterocycles. The Balaban J connectivity index is 3.20. The molecule has 0 atom stereocenters. The van der Waals surface area contributed by atoms with Crippen molar-refractivity contribution in [2.75, 3.05) is 24.2 Å². The normalized spacial score (nSPS) is 9.50. The minimum absolute atomic E-state index is 0.308. The third kappa shape index (κ3) is 6.60. The lowest BCUT2D eigenvalue weighted by Crippen LogP contribution is -2.11. The second-order valence-electron chi connectivity index (χ2n) is 2.22. The van der Waals surface area contributed by atoms with Crippen LogP contribution in [0.15, 0.2) is 12.2 Å². The Morgan fingerprint density at radius 2 is 2.08 bits per heavy atom. The summed E-state index contributed by atoms with van der Waals surface area (Å²) >= 11 is 2.22. The lowest BCUT2D eigenvalue weighted by atomic mass is 10.4. The minimum Gasteiger partial charge on any atom is -0.460 e.